The highest BCUT2D eigenvalue weighted by molar-refractivity contribution is 5.79. The minimum absolute atomic E-state index is 0.358. The minimum Gasteiger partial charge on any atom is -0.368 e. The summed E-state index contributed by atoms with van der Waals surface area (Å²) in [6, 6.07) is -0.635. The van der Waals surface area contributed by atoms with Gasteiger partial charge in [0.1, 0.15) is 19.8 Å². The van der Waals surface area contributed by atoms with Gasteiger partial charge in [0.15, 0.2) is 0 Å². The summed E-state index contributed by atoms with van der Waals surface area (Å²) in [7, 11) is 3.57. The monoisotopic (exact) mass is 212 g/mol. The molecule has 15 heavy (non-hydrogen) atoms. The Hall–Kier alpha value is -1.17. The van der Waals surface area contributed by atoms with Crippen LogP contribution < -0.4 is 11.5 Å². The van der Waals surface area contributed by atoms with E-state index in [-0.39, 0.29) is 0 Å². The van der Waals surface area contributed by atoms with Crippen LogP contribution in [0.2, 0.25) is 0 Å². The van der Waals surface area contributed by atoms with Gasteiger partial charge in [0.2, 0.25) is 5.91 Å². The molecule has 1 amide bonds. The third kappa shape index (κ3) is 3.16. The largest absolute Gasteiger partial charge is 0.368 e. The molecule has 1 unspecified atom stereocenters. The molecule has 1 aliphatic rings. The lowest BCUT2D eigenvalue weighted by molar-refractivity contribution is -1.04. The standard InChI is InChI=1S/C10H17N3O2/c1-13(15-2)5-3-4-8(7-13)6-9(11)10(12)14/h3-4,7,9H,5-6,11H2,1-2H3,(H-,12,14)/p+1/t9-,13?/m0/s1. The molecule has 1 rings (SSSR count). The third-order valence-electron chi connectivity index (χ3n) is 2.48. The first-order valence-electron chi connectivity index (χ1n) is 4.81. The van der Waals surface area contributed by atoms with Gasteiger partial charge in [-0.1, -0.05) is 6.08 Å². The molecule has 0 saturated heterocycles. The highest BCUT2D eigenvalue weighted by Crippen LogP contribution is 2.17. The first-order chi connectivity index (χ1) is 6.97. The molecule has 84 valence electrons. The van der Waals surface area contributed by atoms with Crippen molar-refractivity contribution in [2.24, 2.45) is 11.5 Å². The van der Waals surface area contributed by atoms with Gasteiger partial charge in [-0.05, 0) is 6.08 Å². The van der Waals surface area contributed by atoms with E-state index in [1.807, 2.05) is 25.4 Å². The molecule has 0 fully saturated rings. The van der Waals surface area contributed by atoms with Gasteiger partial charge in [-0.25, -0.2) is 4.84 Å². The van der Waals surface area contributed by atoms with E-state index < -0.39 is 11.9 Å². The lowest BCUT2D eigenvalue weighted by atomic mass is 10.1. The molecular weight excluding hydrogens is 194 g/mol. The summed E-state index contributed by atoms with van der Waals surface area (Å²) in [6.45, 7) is 0.770. The number of rotatable bonds is 4. The molecule has 5 heteroatoms. The predicted octanol–water partition coefficient (Wildman–Crippen LogP) is -0.349. The maximum Gasteiger partial charge on any atom is 0.234 e. The van der Waals surface area contributed by atoms with Crippen molar-refractivity contribution in [3.63, 3.8) is 0 Å². The van der Waals surface area contributed by atoms with Crippen molar-refractivity contribution in [2.45, 2.75) is 12.5 Å². The molecule has 1 aliphatic heterocycles. The third-order valence-corrected chi connectivity index (χ3v) is 2.48. The van der Waals surface area contributed by atoms with E-state index >= 15 is 0 Å². The van der Waals surface area contributed by atoms with Crippen molar-refractivity contribution < 1.29 is 14.3 Å². The summed E-state index contributed by atoms with van der Waals surface area (Å²) in [5, 5.41) is 0. The molecule has 2 atom stereocenters. The van der Waals surface area contributed by atoms with Crippen molar-refractivity contribution >= 4 is 5.91 Å². The second-order valence-corrected chi connectivity index (χ2v) is 3.86. The Kier molecular flexibility index (Phi) is 3.62. The van der Waals surface area contributed by atoms with Crippen molar-refractivity contribution in [1.82, 2.24) is 0 Å². The number of hydrogen-bond acceptors (Lipinski definition) is 3. The summed E-state index contributed by atoms with van der Waals surface area (Å²) in [5.41, 5.74) is 11.7. The topological polar surface area (TPSA) is 78.3 Å². The highest BCUT2D eigenvalue weighted by atomic mass is 16.7. The molecule has 0 aromatic rings. The summed E-state index contributed by atoms with van der Waals surface area (Å²) >= 11 is 0. The van der Waals surface area contributed by atoms with E-state index in [4.69, 9.17) is 16.3 Å². The lowest BCUT2D eigenvalue weighted by Crippen LogP contribution is -2.40. The summed E-state index contributed by atoms with van der Waals surface area (Å²) in [4.78, 5) is 16.1. The van der Waals surface area contributed by atoms with Crippen molar-refractivity contribution in [3.8, 4) is 0 Å². The molecule has 1 heterocycles. The Morgan fingerprint density at radius 2 is 2.40 bits per heavy atom. The smallest absolute Gasteiger partial charge is 0.234 e. The number of nitrogens with two attached hydrogens (primary N) is 2. The van der Waals surface area contributed by atoms with Gasteiger partial charge in [-0.2, -0.15) is 4.65 Å². The molecule has 4 N–H and O–H groups in total. The lowest BCUT2D eigenvalue weighted by Gasteiger charge is -2.27. The Morgan fingerprint density at radius 3 is 2.93 bits per heavy atom. The number of carbonyl (C=O) groups is 1. The first-order valence-corrected chi connectivity index (χ1v) is 4.81. The van der Waals surface area contributed by atoms with Gasteiger partial charge >= 0.3 is 0 Å². The number of carbonyl (C=O) groups excluding carboxylic acids is 1. The minimum atomic E-state index is -0.635. The predicted molar refractivity (Wildman–Crippen MR) is 57.1 cm³/mol. The zero-order valence-electron chi connectivity index (χ0n) is 9.14. The Bertz CT molecular complexity index is 312. The number of quaternary nitrogens is 1. The van der Waals surface area contributed by atoms with Gasteiger partial charge in [0.05, 0.1) is 13.2 Å². The number of likely N-dealkylation sites (N-methyl/N-ethyl adjacent to an activating group) is 1. The number of hydrogen-bond donors (Lipinski definition) is 2. The van der Waals surface area contributed by atoms with E-state index in [9.17, 15) is 4.79 Å². The number of allylic oxidation sites excluding steroid dienone is 1. The molecule has 0 aromatic carbocycles. The van der Waals surface area contributed by atoms with E-state index in [1.165, 1.54) is 0 Å². The Balaban J connectivity index is 2.70. The van der Waals surface area contributed by atoms with Gasteiger partial charge in [-0.15, -0.1) is 0 Å². The number of hydroxylamine groups is 3. The van der Waals surface area contributed by atoms with E-state index in [1.54, 1.807) is 7.11 Å². The maximum atomic E-state index is 10.8. The van der Waals surface area contributed by atoms with Crippen molar-refractivity contribution in [3.05, 3.63) is 23.9 Å². The fraction of sp³-hybridized carbons (Fsp3) is 0.500. The number of primary amides is 1. The molecule has 0 radical (unpaired) electrons. The fourth-order valence-corrected chi connectivity index (χ4v) is 1.46. The van der Waals surface area contributed by atoms with E-state index in [0.717, 1.165) is 12.1 Å². The zero-order chi connectivity index (χ0) is 11.5. The summed E-state index contributed by atoms with van der Waals surface area (Å²) in [5.74, 6) is -0.485. The highest BCUT2D eigenvalue weighted by Gasteiger charge is 2.23. The van der Waals surface area contributed by atoms with Crippen LogP contribution >= 0.6 is 0 Å². The van der Waals surface area contributed by atoms with Crippen LogP contribution in [0, 0.1) is 0 Å². The quantitative estimate of drug-likeness (QED) is 0.625. The molecule has 0 spiro atoms. The Labute approximate surface area is 89.5 Å². The van der Waals surface area contributed by atoms with Crippen molar-refractivity contribution in [2.75, 3.05) is 20.7 Å². The zero-order valence-corrected chi connectivity index (χ0v) is 9.14. The second-order valence-electron chi connectivity index (χ2n) is 3.86. The molecule has 5 nitrogen and oxygen atoms in total. The van der Waals surface area contributed by atoms with Crippen LogP contribution in [0.4, 0.5) is 0 Å². The van der Waals surface area contributed by atoms with Crippen LogP contribution in [-0.4, -0.2) is 37.3 Å². The summed E-state index contributed by atoms with van der Waals surface area (Å²) < 4.78 is 0.358. The van der Waals surface area contributed by atoms with Crippen LogP contribution in [0.3, 0.4) is 0 Å². The average Bonchev–Trinajstić information content (AvgIpc) is 2.18. The van der Waals surface area contributed by atoms with E-state index in [2.05, 4.69) is 0 Å². The van der Waals surface area contributed by atoms with Crippen LogP contribution in [0.15, 0.2) is 23.9 Å². The van der Waals surface area contributed by atoms with Gasteiger partial charge < -0.3 is 11.5 Å². The van der Waals surface area contributed by atoms with Gasteiger partial charge in [0.25, 0.3) is 0 Å². The van der Waals surface area contributed by atoms with Crippen LogP contribution in [0.25, 0.3) is 0 Å². The average molecular weight is 212 g/mol. The van der Waals surface area contributed by atoms with Crippen molar-refractivity contribution in [1.29, 1.82) is 0 Å². The second kappa shape index (κ2) is 4.57. The van der Waals surface area contributed by atoms with Gasteiger partial charge in [-0.3, -0.25) is 4.79 Å². The molecule has 0 bridgehead atoms. The molecule has 0 aromatic heterocycles. The molecule has 0 saturated carbocycles. The first kappa shape index (κ1) is 11.9. The summed E-state index contributed by atoms with van der Waals surface area (Å²) in [6.07, 6.45) is 6.32. The van der Waals surface area contributed by atoms with Crippen LogP contribution in [-0.2, 0) is 9.63 Å². The molecular formula is C10H18N3O2+. The normalized spacial score (nSPS) is 27.3. The van der Waals surface area contributed by atoms with E-state index in [0.29, 0.717) is 11.1 Å². The maximum absolute atomic E-state index is 10.8. The number of nitrogens with zero attached hydrogens (tertiary/aromatic N) is 1. The molecule has 0 aliphatic carbocycles. The van der Waals surface area contributed by atoms with Crippen LogP contribution in [0.1, 0.15) is 6.42 Å². The Morgan fingerprint density at radius 1 is 1.73 bits per heavy atom. The fourth-order valence-electron chi connectivity index (χ4n) is 1.46. The van der Waals surface area contributed by atoms with Crippen LogP contribution in [0.5, 0.6) is 0 Å². The van der Waals surface area contributed by atoms with Gasteiger partial charge in [0, 0.05) is 12.0 Å². The number of amides is 1. The SMILES string of the molecule is CO[N+]1(C)C=C(C[C@H](N)C(N)=O)C=CC1.